The Hall–Kier alpha value is -2.64. The number of hydrogen-bond donors (Lipinski definition) is 2. The first-order chi connectivity index (χ1) is 12.5. The Morgan fingerprint density at radius 1 is 1.31 bits per heavy atom. The SMILES string of the molecule is CCC(Oc1ccccc1F)C(=O)NN1C(=O)NC2(CCCCC2)C1=O. The molecule has 2 aliphatic rings. The number of nitrogens with zero attached hydrogens (tertiary/aromatic N) is 1. The number of amides is 4. The average molecular weight is 363 g/mol. The number of carbonyl (C=O) groups excluding carboxylic acids is 3. The van der Waals surface area contributed by atoms with Gasteiger partial charge in [0, 0.05) is 0 Å². The van der Waals surface area contributed by atoms with Crippen LogP contribution >= 0.6 is 0 Å². The summed E-state index contributed by atoms with van der Waals surface area (Å²) in [6, 6.07) is 5.10. The highest BCUT2D eigenvalue weighted by atomic mass is 19.1. The highest BCUT2D eigenvalue weighted by molar-refractivity contribution is 6.08. The molecule has 1 saturated carbocycles. The zero-order valence-electron chi connectivity index (χ0n) is 14.6. The first-order valence-electron chi connectivity index (χ1n) is 8.85. The van der Waals surface area contributed by atoms with E-state index in [-0.39, 0.29) is 12.2 Å². The van der Waals surface area contributed by atoms with Crippen LogP contribution in [0.2, 0.25) is 0 Å². The third-order valence-corrected chi connectivity index (χ3v) is 4.86. The molecule has 1 unspecified atom stereocenters. The van der Waals surface area contributed by atoms with Crippen LogP contribution in [0, 0.1) is 5.82 Å². The standard InChI is InChI=1S/C18H22FN3O4/c1-2-13(26-14-9-5-4-8-12(14)19)15(23)21-22-16(24)18(20-17(22)25)10-6-3-7-11-18/h4-5,8-9,13H,2-3,6-7,10-11H2,1H3,(H,20,25)(H,21,23). The van der Waals surface area contributed by atoms with Crippen molar-refractivity contribution < 1.29 is 23.5 Å². The molecular weight excluding hydrogens is 341 g/mol. The van der Waals surface area contributed by atoms with Crippen molar-refractivity contribution in [3.63, 3.8) is 0 Å². The molecule has 4 amide bonds. The topological polar surface area (TPSA) is 87.7 Å². The van der Waals surface area contributed by atoms with Crippen LogP contribution in [-0.2, 0) is 9.59 Å². The van der Waals surface area contributed by atoms with Gasteiger partial charge in [0.15, 0.2) is 17.7 Å². The van der Waals surface area contributed by atoms with Crippen molar-refractivity contribution in [1.82, 2.24) is 15.8 Å². The summed E-state index contributed by atoms with van der Waals surface area (Å²) in [6.07, 6.45) is 3.06. The van der Waals surface area contributed by atoms with E-state index in [0.29, 0.717) is 12.8 Å². The fourth-order valence-electron chi connectivity index (χ4n) is 3.41. The summed E-state index contributed by atoms with van der Waals surface area (Å²) in [5, 5.41) is 3.44. The largest absolute Gasteiger partial charge is 0.477 e. The Morgan fingerprint density at radius 2 is 2.00 bits per heavy atom. The van der Waals surface area contributed by atoms with Gasteiger partial charge in [-0.25, -0.2) is 9.18 Å². The van der Waals surface area contributed by atoms with Gasteiger partial charge in [-0.3, -0.25) is 15.0 Å². The lowest BCUT2D eigenvalue weighted by molar-refractivity contribution is -0.142. The lowest BCUT2D eigenvalue weighted by Gasteiger charge is -2.30. The molecule has 140 valence electrons. The van der Waals surface area contributed by atoms with E-state index in [1.807, 2.05) is 0 Å². The quantitative estimate of drug-likeness (QED) is 0.786. The molecule has 1 aliphatic carbocycles. The molecule has 2 N–H and O–H groups in total. The van der Waals surface area contributed by atoms with Crippen LogP contribution in [0.1, 0.15) is 45.4 Å². The first kappa shape index (κ1) is 18.2. The summed E-state index contributed by atoms with van der Waals surface area (Å²) >= 11 is 0. The minimum atomic E-state index is -1.03. The van der Waals surface area contributed by atoms with Crippen LogP contribution in [0.5, 0.6) is 5.75 Å². The van der Waals surface area contributed by atoms with Crippen LogP contribution in [0.4, 0.5) is 9.18 Å². The Balaban J connectivity index is 1.69. The predicted octanol–water partition coefficient (Wildman–Crippen LogP) is 2.27. The van der Waals surface area contributed by atoms with E-state index in [1.54, 1.807) is 13.0 Å². The fourth-order valence-corrected chi connectivity index (χ4v) is 3.41. The van der Waals surface area contributed by atoms with Crippen molar-refractivity contribution in [3.8, 4) is 5.75 Å². The molecule has 0 aromatic heterocycles. The van der Waals surface area contributed by atoms with Crippen LogP contribution < -0.4 is 15.5 Å². The molecule has 1 atom stereocenters. The molecule has 8 heteroatoms. The minimum absolute atomic E-state index is 0.0598. The van der Waals surface area contributed by atoms with E-state index in [9.17, 15) is 18.8 Å². The lowest BCUT2D eigenvalue weighted by Crippen LogP contribution is -2.53. The number of imide groups is 1. The van der Waals surface area contributed by atoms with Gasteiger partial charge in [-0.2, -0.15) is 5.01 Å². The molecule has 1 saturated heterocycles. The number of ether oxygens (including phenoxy) is 1. The van der Waals surface area contributed by atoms with Gasteiger partial charge < -0.3 is 10.1 Å². The number of carbonyl (C=O) groups is 3. The van der Waals surface area contributed by atoms with E-state index < -0.39 is 35.3 Å². The maximum atomic E-state index is 13.7. The van der Waals surface area contributed by atoms with Gasteiger partial charge in [-0.1, -0.05) is 38.3 Å². The Morgan fingerprint density at radius 3 is 2.65 bits per heavy atom. The second kappa shape index (κ2) is 7.31. The fraction of sp³-hybridized carbons (Fsp3) is 0.500. The van der Waals surface area contributed by atoms with Crippen molar-refractivity contribution in [2.45, 2.75) is 57.1 Å². The molecule has 1 heterocycles. The van der Waals surface area contributed by atoms with E-state index in [2.05, 4.69) is 10.7 Å². The smallest absolute Gasteiger partial charge is 0.344 e. The first-order valence-corrected chi connectivity index (χ1v) is 8.85. The molecule has 1 spiro atoms. The molecule has 1 aromatic carbocycles. The van der Waals surface area contributed by atoms with Gasteiger partial charge in [0.1, 0.15) is 5.54 Å². The molecule has 7 nitrogen and oxygen atoms in total. The number of hydrogen-bond acceptors (Lipinski definition) is 4. The number of hydrazine groups is 1. The van der Waals surface area contributed by atoms with Crippen LogP contribution in [0.25, 0.3) is 0 Å². The third kappa shape index (κ3) is 3.36. The summed E-state index contributed by atoms with van der Waals surface area (Å²) in [7, 11) is 0. The molecule has 1 aromatic rings. The molecule has 26 heavy (non-hydrogen) atoms. The number of urea groups is 1. The molecule has 0 radical (unpaired) electrons. The number of para-hydroxylation sites is 1. The van der Waals surface area contributed by atoms with Gasteiger partial charge >= 0.3 is 6.03 Å². The summed E-state index contributed by atoms with van der Waals surface area (Å²) in [5.41, 5.74) is 1.41. The summed E-state index contributed by atoms with van der Waals surface area (Å²) in [4.78, 5) is 37.3. The molecular formula is C18H22FN3O4. The van der Waals surface area contributed by atoms with Crippen LogP contribution in [0.3, 0.4) is 0 Å². The zero-order chi connectivity index (χ0) is 18.7. The van der Waals surface area contributed by atoms with Crippen LogP contribution in [-0.4, -0.2) is 34.5 Å². The van der Waals surface area contributed by atoms with Crippen molar-refractivity contribution >= 4 is 17.8 Å². The Kier molecular flexibility index (Phi) is 5.11. The highest BCUT2D eigenvalue weighted by Crippen LogP contribution is 2.33. The zero-order valence-corrected chi connectivity index (χ0v) is 14.6. The normalized spacial score (nSPS) is 20.0. The highest BCUT2D eigenvalue weighted by Gasteiger charge is 2.52. The van der Waals surface area contributed by atoms with Gasteiger partial charge in [0.2, 0.25) is 0 Å². The molecule has 3 rings (SSSR count). The van der Waals surface area contributed by atoms with Crippen molar-refractivity contribution in [2.75, 3.05) is 0 Å². The Bertz CT molecular complexity index is 718. The number of nitrogens with one attached hydrogen (secondary N) is 2. The van der Waals surface area contributed by atoms with Crippen molar-refractivity contribution in [2.24, 2.45) is 0 Å². The summed E-state index contributed by atoms with van der Waals surface area (Å²) in [6.45, 7) is 1.69. The van der Waals surface area contributed by atoms with Gasteiger partial charge in [0.05, 0.1) is 0 Å². The predicted molar refractivity (Wildman–Crippen MR) is 90.4 cm³/mol. The van der Waals surface area contributed by atoms with E-state index in [4.69, 9.17) is 4.74 Å². The van der Waals surface area contributed by atoms with E-state index >= 15 is 0 Å². The molecule has 2 fully saturated rings. The van der Waals surface area contributed by atoms with Crippen molar-refractivity contribution in [3.05, 3.63) is 30.1 Å². The third-order valence-electron chi connectivity index (χ3n) is 4.86. The maximum absolute atomic E-state index is 13.7. The summed E-state index contributed by atoms with van der Waals surface area (Å²) in [5.74, 6) is -1.77. The maximum Gasteiger partial charge on any atom is 0.344 e. The number of rotatable bonds is 5. The Labute approximate surface area is 150 Å². The lowest BCUT2D eigenvalue weighted by atomic mass is 9.82. The van der Waals surface area contributed by atoms with Gasteiger partial charge in [-0.05, 0) is 31.4 Å². The van der Waals surface area contributed by atoms with E-state index in [0.717, 1.165) is 24.3 Å². The van der Waals surface area contributed by atoms with Gasteiger partial charge in [-0.15, -0.1) is 0 Å². The number of benzene rings is 1. The van der Waals surface area contributed by atoms with Crippen molar-refractivity contribution in [1.29, 1.82) is 0 Å². The second-order valence-electron chi connectivity index (χ2n) is 6.63. The second-order valence-corrected chi connectivity index (χ2v) is 6.63. The summed E-state index contributed by atoms with van der Waals surface area (Å²) < 4.78 is 19.1. The average Bonchev–Trinajstić information content (AvgIpc) is 2.85. The van der Waals surface area contributed by atoms with Gasteiger partial charge in [0.25, 0.3) is 11.8 Å². The van der Waals surface area contributed by atoms with Crippen LogP contribution in [0.15, 0.2) is 24.3 Å². The monoisotopic (exact) mass is 363 g/mol. The minimum Gasteiger partial charge on any atom is -0.477 e. The number of halogens is 1. The van der Waals surface area contributed by atoms with E-state index in [1.165, 1.54) is 18.2 Å². The molecule has 1 aliphatic heterocycles. The molecule has 0 bridgehead atoms.